The second-order valence-electron chi connectivity index (χ2n) is 13.9. The Morgan fingerprint density at radius 2 is 1.94 bits per heavy atom. The van der Waals surface area contributed by atoms with Crippen molar-refractivity contribution in [1.82, 2.24) is 0 Å². The lowest BCUT2D eigenvalue weighted by Gasteiger charge is -2.48. The molecule has 1 N–H and O–H groups in total. The Labute approximate surface area is 211 Å². The minimum Gasteiger partial charge on any atom is -0.461 e. The van der Waals surface area contributed by atoms with Crippen LogP contribution >= 0.6 is 0 Å². The Morgan fingerprint density at radius 3 is 2.69 bits per heavy atom. The van der Waals surface area contributed by atoms with Crippen LogP contribution in [0, 0.1) is 52.3 Å². The summed E-state index contributed by atoms with van der Waals surface area (Å²) in [6.07, 6.45) is 12.3. The fourth-order valence-electron chi connectivity index (χ4n) is 11.0. The lowest BCUT2D eigenvalue weighted by molar-refractivity contribution is -0.168. The van der Waals surface area contributed by atoms with E-state index in [1.165, 1.54) is 51.4 Å². The van der Waals surface area contributed by atoms with Gasteiger partial charge in [-0.25, -0.2) is 4.79 Å². The summed E-state index contributed by atoms with van der Waals surface area (Å²) in [5.41, 5.74) is 0.181. The number of Topliss-reactive ketones (excluding diaryl/α,β-unsaturated/α-hetero) is 1. The van der Waals surface area contributed by atoms with Crippen molar-refractivity contribution in [1.29, 1.82) is 0 Å². The molecule has 6 fully saturated rings. The molecule has 4 saturated carbocycles. The van der Waals surface area contributed by atoms with E-state index in [2.05, 4.69) is 27.7 Å². The number of carbonyl (C=O) groups is 2. The van der Waals surface area contributed by atoms with Gasteiger partial charge in [0.15, 0.2) is 5.78 Å². The molecule has 6 aliphatic rings. The molecule has 4 aliphatic carbocycles. The standard InChI is InChI=1S/C30H46O5/c1-17(2)7-5-6-8-19-9-10-21-25-22(12-13-28(19,21)4)30-18(3)29(30)14-11-20(34-24(32)16-31)15-23(29)26(33)27(25)35-30/h17-23,25,27,31H,5-16H2,1-4H3/t18-,19+,20?,21?,22?,23?,25?,27?,28?,29?,30?/m1/s1. The molecule has 2 bridgehead atoms. The highest BCUT2D eigenvalue weighted by molar-refractivity contribution is 5.90. The first-order chi connectivity index (χ1) is 16.7. The first-order valence-corrected chi connectivity index (χ1v) is 14.7. The van der Waals surface area contributed by atoms with E-state index in [1.807, 2.05) is 0 Å². The van der Waals surface area contributed by atoms with Crippen molar-refractivity contribution in [2.45, 2.75) is 116 Å². The molecule has 0 radical (unpaired) electrons. The zero-order valence-electron chi connectivity index (χ0n) is 22.3. The summed E-state index contributed by atoms with van der Waals surface area (Å²) in [6.45, 7) is 8.96. The molecule has 2 spiro atoms. The van der Waals surface area contributed by atoms with Crippen LogP contribution in [0.4, 0.5) is 0 Å². The van der Waals surface area contributed by atoms with Gasteiger partial charge in [0, 0.05) is 17.3 Å². The van der Waals surface area contributed by atoms with Crippen molar-refractivity contribution >= 4 is 11.8 Å². The number of hydrogen-bond donors (Lipinski definition) is 1. The van der Waals surface area contributed by atoms with Crippen LogP contribution in [0.25, 0.3) is 0 Å². The lowest BCUT2D eigenvalue weighted by atomic mass is 9.56. The molecule has 9 unspecified atom stereocenters. The van der Waals surface area contributed by atoms with Crippen molar-refractivity contribution < 1.29 is 24.2 Å². The largest absolute Gasteiger partial charge is 0.461 e. The van der Waals surface area contributed by atoms with E-state index in [-0.39, 0.29) is 29.1 Å². The van der Waals surface area contributed by atoms with Gasteiger partial charge in [-0.1, -0.05) is 47.0 Å². The van der Waals surface area contributed by atoms with Gasteiger partial charge in [-0.2, -0.15) is 0 Å². The van der Waals surface area contributed by atoms with Gasteiger partial charge >= 0.3 is 5.97 Å². The van der Waals surface area contributed by atoms with Crippen LogP contribution in [-0.4, -0.2) is 41.3 Å². The molecule has 0 aromatic rings. The SMILES string of the molecule is CC(C)CCCC[C@H]1CCC2C3C4OC5(C3CCC21C)[C@H](C)C51CCC(OC(=O)CO)CC1C4=O. The molecule has 5 nitrogen and oxygen atoms in total. The van der Waals surface area contributed by atoms with Crippen molar-refractivity contribution in [2.75, 3.05) is 6.61 Å². The monoisotopic (exact) mass is 486 g/mol. The molecule has 196 valence electrons. The van der Waals surface area contributed by atoms with E-state index in [4.69, 9.17) is 14.6 Å². The topological polar surface area (TPSA) is 72.8 Å². The maximum atomic E-state index is 14.1. The number of carbonyl (C=O) groups excluding carboxylic acids is 2. The fourth-order valence-corrected chi connectivity index (χ4v) is 11.0. The molecular weight excluding hydrogens is 440 g/mol. The highest BCUT2D eigenvalue weighted by Crippen LogP contribution is 2.84. The molecule has 2 aliphatic heterocycles. The van der Waals surface area contributed by atoms with E-state index >= 15 is 0 Å². The Kier molecular flexibility index (Phi) is 5.77. The summed E-state index contributed by atoms with van der Waals surface area (Å²) < 4.78 is 12.5. The second-order valence-corrected chi connectivity index (χ2v) is 13.9. The smallest absolute Gasteiger partial charge is 0.332 e. The van der Waals surface area contributed by atoms with E-state index in [0.29, 0.717) is 41.3 Å². The van der Waals surface area contributed by atoms with Crippen LogP contribution in [0.5, 0.6) is 0 Å². The quantitative estimate of drug-likeness (QED) is 0.389. The number of hydrogen-bond acceptors (Lipinski definition) is 5. The third-order valence-electron chi connectivity index (χ3n) is 12.4. The molecule has 11 atom stereocenters. The van der Waals surface area contributed by atoms with Crippen molar-refractivity contribution in [3.63, 3.8) is 0 Å². The van der Waals surface area contributed by atoms with Crippen LogP contribution in [-0.2, 0) is 19.1 Å². The average molecular weight is 487 g/mol. The lowest BCUT2D eigenvalue weighted by Crippen LogP contribution is -2.49. The molecule has 2 saturated heterocycles. The summed E-state index contributed by atoms with van der Waals surface area (Å²) in [5.74, 6) is 3.21. The number of aliphatic hydroxyl groups excluding tert-OH is 1. The number of unbranched alkanes of at least 4 members (excludes halogenated alkanes) is 1. The number of rotatable bonds is 7. The highest BCUT2D eigenvalue weighted by Gasteiger charge is 2.89. The molecule has 5 heteroatoms. The minimum atomic E-state index is -0.588. The average Bonchev–Trinajstić information content (AvgIpc) is 3.09. The highest BCUT2D eigenvalue weighted by atomic mass is 16.6. The van der Waals surface area contributed by atoms with Crippen molar-refractivity contribution in [3.05, 3.63) is 0 Å². The number of ether oxygens (including phenoxy) is 2. The third kappa shape index (κ3) is 3.12. The van der Waals surface area contributed by atoms with Crippen LogP contribution in [0.15, 0.2) is 0 Å². The van der Waals surface area contributed by atoms with Crippen LogP contribution < -0.4 is 0 Å². The van der Waals surface area contributed by atoms with E-state index in [1.54, 1.807) is 0 Å². The molecule has 6 rings (SSSR count). The fraction of sp³-hybridized carbons (Fsp3) is 0.933. The number of esters is 1. The zero-order valence-corrected chi connectivity index (χ0v) is 22.3. The van der Waals surface area contributed by atoms with Gasteiger partial charge in [0.05, 0.1) is 5.60 Å². The van der Waals surface area contributed by atoms with Gasteiger partial charge in [0.25, 0.3) is 0 Å². The van der Waals surface area contributed by atoms with Gasteiger partial charge in [0.2, 0.25) is 0 Å². The van der Waals surface area contributed by atoms with Gasteiger partial charge < -0.3 is 14.6 Å². The van der Waals surface area contributed by atoms with Gasteiger partial charge in [-0.05, 0) is 86.4 Å². The first-order valence-electron chi connectivity index (χ1n) is 14.7. The van der Waals surface area contributed by atoms with E-state index in [0.717, 1.165) is 24.7 Å². The summed E-state index contributed by atoms with van der Waals surface area (Å²) in [6, 6.07) is 0. The summed E-state index contributed by atoms with van der Waals surface area (Å²) in [5, 5.41) is 9.15. The second kappa shape index (κ2) is 8.28. The van der Waals surface area contributed by atoms with Crippen LogP contribution in [0.2, 0.25) is 0 Å². The molecule has 0 aromatic carbocycles. The zero-order chi connectivity index (χ0) is 24.8. The maximum absolute atomic E-state index is 14.1. The maximum Gasteiger partial charge on any atom is 0.332 e. The summed E-state index contributed by atoms with van der Waals surface area (Å²) in [7, 11) is 0. The van der Waals surface area contributed by atoms with E-state index < -0.39 is 12.6 Å². The third-order valence-corrected chi connectivity index (χ3v) is 12.4. The summed E-state index contributed by atoms with van der Waals surface area (Å²) in [4.78, 5) is 25.8. The molecule has 0 amide bonds. The van der Waals surface area contributed by atoms with Gasteiger partial charge in [0.1, 0.15) is 18.8 Å². The van der Waals surface area contributed by atoms with Crippen LogP contribution in [0.3, 0.4) is 0 Å². The van der Waals surface area contributed by atoms with E-state index in [9.17, 15) is 9.59 Å². The number of ketones is 1. The Hall–Kier alpha value is -0.940. The molecule has 0 aromatic heterocycles. The normalized spacial score (nSPS) is 51.4. The van der Waals surface area contributed by atoms with Crippen LogP contribution in [0.1, 0.15) is 98.3 Å². The van der Waals surface area contributed by atoms with Crippen molar-refractivity contribution in [3.8, 4) is 0 Å². The summed E-state index contributed by atoms with van der Waals surface area (Å²) >= 11 is 0. The van der Waals surface area contributed by atoms with Gasteiger partial charge in [-0.15, -0.1) is 0 Å². The van der Waals surface area contributed by atoms with Gasteiger partial charge in [-0.3, -0.25) is 4.79 Å². The number of aliphatic hydroxyl groups is 1. The first kappa shape index (κ1) is 24.4. The Bertz CT molecular complexity index is 884. The molecule has 2 heterocycles. The number of fused-ring (bicyclic) bond motifs is 5. The Balaban J connectivity index is 1.23. The molecule has 35 heavy (non-hydrogen) atoms. The van der Waals surface area contributed by atoms with Crippen molar-refractivity contribution in [2.24, 2.45) is 52.3 Å². The minimum absolute atomic E-state index is 0.0495. The predicted octanol–water partition coefficient (Wildman–Crippen LogP) is 5.32. The Morgan fingerprint density at radius 1 is 1.14 bits per heavy atom. The predicted molar refractivity (Wildman–Crippen MR) is 132 cm³/mol. The molecular formula is C30H46O5.